The number of anilines is 2. The molecule has 0 aliphatic rings. The zero-order valence-corrected chi connectivity index (χ0v) is 42.1. The first kappa shape index (κ1) is 53.4. The average molecular weight is 903 g/mol. The summed E-state index contributed by atoms with van der Waals surface area (Å²) in [5.74, 6) is -1.39. The van der Waals surface area contributed by atoms with E-state index >= 15 is 0 Å². The molecule has 1 unspecified atom stereocenters. The van der Waals surface area contributed by atoms with Crippen molar-refractivity contribution in [1.29, 1.82) is 0 Å². The molecular weight excluding hydrogens is 847 g/mol. The molecule has 0 aliphatic heterocycles. The van der Waals surface area contributed by atoms with E-state index in [-0.39, 0.29) is 92.4 Å². The van der Waals surface area contributed by atoms with Crippen LogP contribution in [-0.4, -0.2) is 37.9 Å². The first-order valence-electron chi connectivity index (χ1n) is 21.1. The smallest absolute Gasteiger partial charge is 0.872 e. The number of unbranched alkanes of at least 4 members (excludes halogenated alkanes) is 14. The molecule has 5 aromatic carbocycles. The third-order valence-corrected chi connectivity index (χ3v) is 12.4. The van der Waals surface area contributed by atoms with Crippen LogP contribution in [-0.2, 0) is 20.2 Å². The maximum Gasteiger partial charge on any atom is 1.00 e. The molecule has 3 N–H and O–H groups in total. The Morgan fingerprint density at radius 1 is 0.661 bits per heavy atom. The number of carbonyl (C=O) groups is 1. The van der Waals surface area contributed by atoms with Crippen LogP contribution >= 0.6 is 0 Å². The van der Waals surface area contributed by atoms with Gasteiger partial charge in [-0.15, -0.1) is 5.11 Å². The van der Waals surface area contributed by atoms with E-state index in [9.17, 15) is 35.8 Å². The van der Waals surface area contributed by atoms with Crippen LogP contribution in [0.25, 0.3) is 21.5 Å². The van der Waals surface area contributed by atoms with Crippen LogP contribution in [0.5, 0.6) is 5.75 Å². The Kier molecular flexibility index (Phi) is 22.6. The predicted octanol–water partition coefficient (Wildman–Crippen LogP) is 5.96. The molecule has 0 aliphatic carbocycles. The van der Waals surface area contributed by atoms with Crippen molar-refractivity contribution in [2.24, 2.45) is 10.2 Å². The monoisotopic (exact) mass is 902 g/mol. The summed E-state index contributed by atoms with van der Waals surface area (Å²) in [6.07, 6.45) is 20.0. The zero-order valence-electron chi connectivity index (χ0n) is 36.5. The molecule has 5 rings (SSSR count). The van der Waals surface area contributed by atoms with E-state index in [0.29, 0.717) is 27.5 Å². The predicted molar refractivity (Wildman–Crippen MR) is 236 cm³/mol. The number of carbonyl (C=O) groups excluding carboxylic acids is 1. The quantitative estimate of drug-likeness (QED) is 0.0290. The Labute approximate surface area is 411 Å². The summed E-state index contributed by atoms with van der Waals surface area (Å²) < 4.78 is 68.5. The maximum atomic E-state index is 13.9. The van der Waals surface area contributed by atoms with E-state index in [4.69, 9.17) is 0 Å². The minimum Gasteiger partial charge on any atom is -0.872 e. The van der Waals surface area contributed by atoms with Gasteiger partial charge >= 0.3 is 59.1 Å². The molecule has 0 aromatic heterocycles. The molecular formula is C46H56N4Na2O8S2. The van der Waals surface area contributed by atoms with E-state index < -0.39 is 36.8 Å². The molecule has 0 fully saturated rings. The van der Waals surface area contributed by atoms with Crippen LogP contribution in [0.3, 0.4) is 0 Å². The Hall–Kier alpha value is -2.89. The van der Waals surface area contributed by atoms with E-state index in [1.165, 1.54) is 120 Å². The van der Waals surface area contributed by atoms with Crippen LogP contribution in [0.4, 0.5) is 22.7 Å². The summed E-state index contributed by atoms with van der Waals surface area (Å²) in [5.41, 5.74) is 0.830. The summed E-state index contributed by atoms with van der Waals surface area (Å²) in [5, 5.41) is 30.2. The third kappa shape index (κ3) is 16.3. The Morgan fingerprint density at radius 2 is 1.21 bits per heavy atom. The van der Waals surface area contributed by atoms with Crippen molar-refractivity contribution in [3.05, 3.63) is 90.5 Å². The molecule has 62 heavy (non-hydrogen) atoms. The molecule has 0 radical (unpaired) electrons. The van der Waals surface area contributed by atoms with E-state index in [2.05, 4.69) is 27.8 Å². The summed E-state index contributed by atoms with van der Waals surface area (Å²) in [6, 6.07) is 20.6. The third-order valence-electron chi connectivity index (χ3n) is 10.8. The molecule has 5 aromatic rings. The Balaban J connectivity index is 0.00000512. The van der Waals surface area contributed by atoms with Gasteiger partial charge in [0.25, 0.3) is 16.0 Å². The van der Waals surface area contributed by atoms with Crippen molar-refractivity contribution in [2.45, 2.75) is 132 Å². The molecule has 0 saturated heterocycles. The van der Waals surface area contributed by atoms with Crippen molar-refractivity contribution in [2.75, 3.05) is 10.6 Å². The fourth-order valence-electron chi connectivity index (χ4n) is 7.38. The van der Waals surface area contributed by atoms with Gasteiger partial charge in [0.2, 0.25) is 0 Å². The van der Waals surface area contributed by atoms with Crippen molar-refractivity contribution in [1.82, 2.24) is 0 Å². The fourth-order valence-corrected chi connectivity index (χ4v) is 8.40. The summed E-state index contributed by atoms with van der Waals surface area (Å²) in [6.45, 7) is 4.26. The molecule has 322 valence electrons. The number of fused-ring (bicyclic) bond motifs is 2. The van der Waals surface area contributed by atoms with Gasteiger partial charge in [-0.1, -0.05) is 145 Å². The summed E-state index contributed by atoms with van der Waals surface area (Å²) in [4.78, 5) is 13.1. The molecule has 0 heterocycles. The standard InChI is InChI=1S/C46H58N4O8S2.2Na/c1-3-4-5-6-7-8-9-10-11-12-13-14-15-16-17-20-33(2)47-42-28-27-38(60(56,57)58)31-44(42)48-46(52)41-32-43(39-21-18-19-22-40(39)45(41)51)50-49-36-25-23-35-30-37(59(53,54)55)26-24-34(35)29-36;;/h18-19,21-33,47,51H,3-17,20H2,1-2H3,(H,48,52)(H,53,54,55)(H,56,57,58);;/q;2*+1/p-2. The van der Waals surface area contributed by atoms with Crippen LogP contribution < -0.4 is 74.9 Å². The first-order chi connectivity index (χ1) is 28.7. The number of hydrogen-bond acceptors (Lipinski definition) is 10. The number of nitrogens with one attached hydrogen (secondary N) is 2. The fraction of sp³-hybridized carbons (Fsp3) is 0.413. The minimum atomic E-state index is -4.63. The Morgan fingerprint density at radius 3 is 1.81 bits per heavy atom. The number of amides is 1. The second-order valence-electron chi connectivity index (χ2n) is 15.6. The van der Waals surface area contributed by atoms with E-state index in [1.54, 1.807) is 42.5 Å². The topological polar surface area (TPSA) is 200 Å². The Bertz CT molecular complexity index is 2500. The van der Waals surface area contributed by atoms with Crippen molar-refractivity contribution >= 4 is 70.4 Å². The molecule has 0 bridgehead atoms. The van der Waals surface area contributed by atoms with Gasteiger partial charge in [-0.05, 0) is 78.0 Å². The molecule has 0 spiro atoms. The summed E-state index contributed by atoms with van der Waals surface area (Å²) >= 11 is 0. The van der Waals surface area contributed by atoms with Gasteiger partial charge in [0.05, 0.1) is 32.5 Å². The van der Waals surface area contributed by atoms with Gasteiger partial charge in [0, 0.05) is 17.0 Å². The first-order valence-corrected chi connectivity index (χ1v) is 23.9. The van der Waals surface area contributed by atoms with Crippen LogP contribution in [0.15, 0.2) is 105 Å². The van der Waals surface area contributed by atoms with Crippen LogP contribution in [0, 0.1) is 0 Å². The average Bonchev–Trinajstić information content (AvgIpc) is 3.21. The van der Waals surface area contributed by atoms with Gasteiger partial charge in [-0.3, -0.25) is 9.35 Å². The molecule has 12 nitrogen and oxygen atoms in total. The van der Waals surface area contributed by atoms with Gasteiger partial charge in [-0.2, -0.15) is 13.5 Å². The molecule has 0 saturated carbocycles. The van der Waals surface area contributed by atoms with Gasteiger partial charge in [-0.25, -0.2) is 8.42 Å². The number of hydrogen-bond donors (Lipinski definition) is 3. The normalized spacial score (nSPS) is 12.3. The number of nitrogens with zero attached hydrogens (tertiary/aromatic N) is 2. The van der Waals surface area contributed by atoms with E-state index in [0.717, 1.165) is 25.3 Å². The molecule has 16 heteroatoms. The van der Waals surface area contributed by atoms with E-state index in [1.807, 2.05) is 6.92 Å². The van der Waals surface area contributed by atoms with Gasteiger partial charge < -0.3 is 20.3 Å². The number of rotatable bonds is 24. The van der Waals surface area contributed by atoms with Crippen LogP contribution in [0.1, 0.15) is 127 Å². The second-order valence-corrected chi connectivity index (χ2v) is 18.4. The van der Waals surface area contributed by atoms with Crippen molar-refractivity contribution in [3.8, 4) is 5.75 Å². The molecule has 1 atom stereocenters. The zero-order chi connectivity index (χ0) is 43.1. The minimum absolute atomic E-state index is 0. The molecule has 1 amide bonds. The van der Waals surface area contributed by atoms with Gasteiger partial charge in [0.1, 0.15) is 10.1 Å². The van der Waals surface area contributed by atoms with Gasteiger partial charge in [0.15, 0.2) is 0 Å². The summed E-state index contributed by atoms with van der Waals surface area (Å²) in [7, 11) is -9.24. The van der Waals surface area contributed by atoms with Crippen molar-refractivity contribution in [3.63, 3.8) is 0 Å². The largest absolute Gasteiger partial charge is 1.00 e. The SMILES string of the molecule is CCCCCCCCCCCCCCCCCC(C)Nc1ccc(S(=O)(=O)O)cc1NC(=O)c1cc(N=Nc2ccc3cc(S(=O)(=O)[O-])ccc3c2)c2ccccc2c1[O-].[Na+].[Na+]. The number of benzene rings is 5. The second kappa shape index (κ2) is 26.2. The van der Waals surface area contributed by atoms with Crippen LogP contribution in [0.2, 0.25) is 0 Å². The maximum absolute atomic E-state index is 13.9. The van der Waals surface area contributed by atoms with Crippen molar-refractivity contribution < 1.29 is 95.0 Å². The number of azo groups is 1.